The number of benzene rings is 1. The van der Waals surface area contributed by atoms with Crippen LogP contribution in [0.3, 0.4) is 0 Å². The standard InChI is InChI=1S/C9H5F2NO2/c10-4-1-6(11)5-3-8(13)9(14)12-7(5)2-4/h1-3,8,13H/t8-/m1/s1. The van der Waals surface area contributed by atoms with Crippen molar-refractivity contribution >= 4 is 12.0 Å². The zero-order valence-electron chi connectivity index (χ0n) is 6.87. The number of halogens is 2. The summed E-state index contributed by atoms with van der Waals surface area (Å²) in [5, 5.41) is 8.93. The van der Waals surface area contributed by atoms with Gasteiger partial charge >= 0.3 is 0 Å². The quantitative estimate of drug-likeness (QED) is 0.596. The van der Waals surface area contributed by atoms with E-state index in [0.29, 0.717) is 6.07 Å². The number of hydrogen-bond acceptors (Lipinski definition) is 2. The molecule has 2 rings (SSSR count). The minimum atomic E-state index is -1.44. The number of nitrogens with zero attached hydrogens (tertiary/aromatic N) is 1. The summed E-state index contributed by atoms with van der Waals surface area (Å²) in [6.45, 7) is 0. The van der Waals surface area contributed by atoms with Gasteiger partial charge in [0.1, 0.15) is 11.6 Å². The van der Waals surface area contributed by atoms with Crippen molar-refractivity contribution in [1.82, 2.24) is 0 Å². The van der Waals surface area contributed by atoms with E-state index in [9.17, 15) is 13.6 Å². The fraction of sp³-hybridized carbons (Fsp3) is 0.111. The van der Waals surface area contributed by atoms with E-state index in [-0.39, 0.29) is 10.6 Å². The van der Waals surface area contributed by atoms with E-state index in [0.717, 1.165) is 12.1 Å². The summed E-state index contributed by atoms with van der Waals surface area (Å²) >= 11 is 0. The van der Waals surface area contributed by atoms with Gasteiger partial charge in [0.05, 0.1) is 5.36 Å². The molecule has 0 aliphatic carbocycles. The molecule has 0 bridgehead atoms. The number of fused-ring (bicyclic) bond motifs is 1. The minimum Gasteiger partial charge on any atom is -0.379 e. The van der Waals surface area contributed by atoms with Crippen molar-refractivity contribution in [2.24, 2.45) is 4.99 Å². The number of hydrogen-bond donors (Lipinski definition) is 1. The Bertz CT molecular complexity index is 524. The van der Waals surface area contributed by atoms with Crippen molar-refractivity contribution in [2.45, 2.75) is 6.10 Å². The fourth-order valence-corrected chi connectivity index (χ4v) is 1.24. The molecule has 1 heterocycles. The molecule has 1 aromatic carbocycles. The van der Waals surface area contributed by atoms with Gasteiger partial charge in [0.2, 0.25) is 0 Å². The molecule has 0 saturated carbocycles. The van der Waals surface area contributed by atoms with E-state index in [1.54, 1.807) is 0 Å². The highest BCUT2D eigenvalue weighted by Gasteiger charge is 2.16. The summed E-state index contributed by atoms with van der Waals surface area (Å²) in [7, 11) is 0. The second-order valence-electron chi connectivity index (χ2n) is 2.88. The van der Waals surface area contributed by atoms with Crippen LogP contribution in [0.25, 0.3) is 6.08 Å². The number of carbonyl (C=O) groups is 1. The number of carbonyl (C=O) groups excluding carboxylic acids is 1. The van der Waals surface area contributed by atoms with Gasteiger partial charge in [0, 0.05) is 17.4 Å². The van der Waals surface area contributed by atoms with Crippen LogP contribution in [0.5, 0.6) is 0 Å². The Kier molecular flexibility index (Phi) is 1.89. The lowest BCUT2D eigenvalue weighted by Crippen LogP contribution is -2.38. The molecule has 1 aromatic rings. The Balaban J connectivity index is 2.86. The highest BCUT2D eigenvalue weighted by Crippen LogP contribution is 1.97. The third-order valence-corrected chi connectivity index (χ3v) is 1.88. The molecule has 1 aliphatic heterocycles. The average molecular weight is 197 g/mol. The maximum atomic E-state index is 13.1. The fourth-order valence-electron chi connectivity index (χ4n) is 1.24. The Labute approximate surface area is 77.0 Å². The first-order chi connectivity index (χ1) is 6.58. The maximum absolute atomic E-state index is 13.1. The lowest BCUT2D eigenvalue weighted by molar-refractivity contribution is -0.123. The first-order valence-corrected chi connectivity index (χ1v) is 3.85. The molecule has 0 saturated heterocycles. The van der Waals surface area contributed by atoms with Gasteiger partial charge in [0.25, 0.3) is 5.91 Å². The van der Waals surface area contributed by atoms with Crippen molar-refractivity contribution in [3.63, 3.8) is 0 Å². The number of amides is 1. The predicted molar refractivity (Wildman–Crippen MR) is 42.6 cm³/mol. The van der Waals surface area contributed by atoms with Gasteiger partial charge in [0.15, 0.2) is 6.10 Å². The molecule has 0 spiro atoms. The van der Waals surface area contributed by atoms with Gasteiger partial charge in [-0.1, -0.05) is 0 Å². The van der Waals surface area contributed by atoms with Gasteiger partial charge in [-0.15, -0.1) is 0 Å². The molecule has 0 fully saturated rings. The molecule has 3 nitrogen and oxygen atoms in total. The second kappa shape index (κ2) is 2.95. The first-order valence-electron chi connectivity index (χ1n) is 3.85. The largest absolute Gasteiger partial charge is 0.379 e. The third-order valence-electron chi connectivity index (χ3n) is 1.88. The number of rotatable bonds is 0. The van der Waals surface area contributed by atoms with Gasteiger partial charge in [-0.3, -0.25) is 4.79 Å². The molecule has 1 atom stereocenters. The monoisotopic (exact) mass is 197 g/mol. The van der Waals surface area contributed by atoms with Gasteiger partial charge in [-0.2, -0.15) is 0 Å². The predicted octanol–water partition coefficient (Wildman–Crippen LogP) is -0.734. The molecule has 1 N–H and O–H groups in total. The van der Waals surface area contributed by atoms with Gasteiger partial charge in [-0.05, 0) is 6.08 Å². The molecule has 5 heteroatoms. The van der Waals surface area contributed by atoms with Gasteiger partial charge < -0.3 is 5.11 Å². The first kappa shape index (κ1) is 8.96. The second-order valence-corrected chi connectivity index (χ2v) is 2.88. The van der Waals surface area contributed by atoms with E-state index in [4.69, 9.17) is 5.11 Å². The zero-order valence-corrected chi connectivity index (χ0v) is 6.87. The van der Waals surface area contributed by atoms with E-state index >= 15 is 0 Å². The van der Waals surface area contributed by atoms with Crippen LogP contribution in [-0.4, -0.2) is 17.1 Å². The molecular formula is C9H5F2NO2. The Morgan fingerprint density at radius 1 is 1.36 bits per heavy atom. The number of aliphatic hydroxyl groups is 1. The third kappa shape index (κ3) is 1.31. The van der Waals surface area contributed by atoms with Crippen molar-refractivity contribution in [2.75, 3.05) is 0 Å². The van der Waals surface area contributed by atoms with Crippen molar-refractivity contribution < 1.29 is 18.7 Å². The van der Waals surface area contributed by atoms with Gasteiger partial charge in [-0.25, -0.2) is 13.8 Å². The van der Waals surface area contributed by atoms with E-state index in [1.807, 2.05) is 0 Å². The molecule has 0 aromatic heterocycles. The molecule has 0 radical (unpaired) electrons. The summed E-state index contributed by atoms with van der Waals surface area (Å²) in [6, 6.07) is 1.62. The molecule has 1 amide bonds. The molecule has 14 heavy (non-hydrogen) atoms. The summed E-state index contributed by atoms with van der Waals surface area (Å²) in [5.74, 6) is -2.46. The van der Waals surface area contributed by atoms with Crippen LogP contribution in [0.2, 0.25) is 0 Å². The van der Waals surface area contributed by atoms with E-state index in [1.165, 1.54) is 0 Å². The maximum Gasteiger partial charge on any atom is 0.279 e. The topological polar surface area (TPSA) is 49.7 Å². The van der Waals surface area contributed by atoms with Crippen LogP contribution in [0.15, 0.2) is 17.1 Å². The normalized spacial score (nSPS) is 19.6. The highest BCUT2D eigenvalue weighted by molar-refractivity contribution is 5.88. The SMILES string of the molecule is O=C1N=c2cc(F)cc(F)c2=C[C@H]1O. The smallest absolute Gasteiger partial charge is 0.279 e. The average Bonchev–Trinajstić information content (AvgIpc) is 2.08. The lowest BCUT2D eigenvalue weighted by atomic mass is 10.1. The Morgan fingerprint density at radius 2 is 2.07 bits per heavy atom. The van der Waals surface area contributed by atoms with Crippen LogP contribution < -0.4 is 10.6 Å². The van der Waals surface area contributed by atoms with Crippen molar-refractivity contribution in [1.29, 1.82) is 0 Å². The van der Waals surface area contributed by atoms with Crippen LogP contribution in [0.1, 0.15) is 0 Å². The van der Waals surface area contributed by atoms with E-state index < -0.39 is 23.6 Å². The summed E-state index contributed by atoms with van der Waals surface area (Å²) in [5.41, 5.74) is 0. The summed E-state index contributed by atoms with van der Waals surface area (Å²) in [4.78, 5) is 14.2. The van der Waals surface area contributed by atoms with Crippen molar-refractivity contribution in [3.05, 3.63) is 34.3 Å². The van der Waals surface area contributed by atoms with Crippen molar-refractivity contribution in [3.8, 4) is 0 Å². The van der Waals surface area contributed by atoms with E-state index in [2.05, 4.69) is 4.99 Å². The van der Waals surface area contributed by atoms with Crippen LogP contribution in [0.4, 0.5) is 8.78 Å². The zero-order chi connectivity index (χ0) is 10.3. The molecular weight excluding hydrogens is 192 g/mol. The molecule has 72 valence electrons. The van der Waals surface area contributed by atoms with Crippen LogP contribution >= 0.6 is 0 Å². The van der Waals surface area contributed by atoms with Crippen LogP contribution in [-0.2, 0) is 4.79 Å². The Morgan fingerprint density at radius 3 is 2.79 bits per heavy atom. The molecule has 1 aliphatic rings. The minimum absolute atomic E-state index is 0.0431. The van der Waals surface area contributed by atoms with Crippen LogP contribution in [0, 0.1) is 11.6 Å². The number of aliphatic hydroxyl groups excluding tert-OH is 1. The Hall–Kier alpha value is -1.62. The summed E-state index contributed by atoms with van der Waals surface area (Å²) in [6.07, 6.45) is -0.429. The molecule has 0 unspecified atom stereocenters. The highest BCUT2D eigenvalue weighted by atomic mass is 19.1. The summed E-state index contributed by atoms with van der Waals surface area (Å²) < 4.78 is 25.8. The lowest BCUT2D eigenvalue weighted by Gasteiger charge is -2.05.